The van der Waals surface area contributed by atoms with E-state index in [4.69, 9.17) is 4.74 Å². The summed E-state index contributed by atoms with van der Waals surface area (Å²) in [4.78, 5) is 12.4. The van der Waals surface area contributed by atoms with Crippen molar-refractivity contribution in [2.75, 3.05) is 6.61 Å². The molecule has 0 aliphatic carbocycles. The molecule has 1 fully saturated rings. The van der Waals surface area contributed by atoms with Gasteiger partial charge in [-0.15, -0.1) is 0 Å². The molecule has 1 heterocycles. The van der Waals surface area contributed by atoms with Crippen molar-refractivity contribution in [1.82, 2.24) is 0 Å². The van der Waals surface area contributed by atoms with Gasteiger partial charge in [-0.05, 0) is 25.0 Å². The van der Waals surface area contributed by atoms with Crippen molar-refractivity contribution in [2.24, 2.45) is 0 Å². The number of aryl methyl sites for hydroxylation is 2. The normalized spacial score (nSPS) is 17.0. The molecule has 0 aromatic heterocycles. The lowest BCUT2D eigenvalue weighted by atomic mass is 9.73. The van der Waals surface area contributed by atoms with Crippen LogP contribution in [0.15, 0.2) is 48.5 Å². The Bertz CT molecular complexity index is 578. The maximum absolute atomic E-state index is 12.4. The summed E-state index contributed by atoms with van der Waals surface area (Å²) in [6.45, 7) is 4.59. The van der Waals surface area contributed by atoms with E-state index in [9.17, 15) is 4.79 Å². The molecule has 0 spiro atoms. The van der Waals surface area contributed by atoms with E-state index in [1.54, 1.807) is 0 Å². The fourth-order valence-corrected chi connectivity index (χ4v) is 2.89. The largest absolute Gasteiger partial charge is 0.465 e. The monoisotopic (exact) mass is 266 g/mol. The molecular formula is C18H18O2. The molecule has 1 saturated heterocycles. The molecule has 20 heavy (non-hydrogen) atoms. The molecule has 2 aromatic rings. The van der Waals surface area contributed by atoms with Gasteiger partial charge in [0.05, 0.1) is 6.61 Å². The van der Waals surface area contributed by atoms with Crippen molar-refractivity contribution in [2.45, 2.75) is 25.7 Å². The topological polar surface area (TPSA) is 26.3 Å². The van der Waals surface area contributed by atoms with Gasteiger partial charge in [-0.3, -0.25) is 4.79 Å². The third-order valence-corrected chi connectivity index (χ3v) is 4.15. The third kappa shape index (κ3) is 1.92. The molecule has 102 valence electrons. The molecule has 2 nitrogen and oxygen atoms in total. The van der Waals surface area contributed by atoms with Gasteiger partial charge in [0.1, 0.15) is 5.41 Å². The van der Waals surface area contributed by atoms with Gasteiger partial charge >= 0.3 is 5.97 Å². The summed E-state index contributed by atoms with van der Waals surface area (Å²) in [5.41, 5.74) is 3.80. The molecule has 0 saturated carbocycles. The lowest BCUT2D eigenvalue weighted by Gasteiger charge is -2.26. The van der Waals surface area contributed by atoms with E-state index in [1.165, 1.54) is 11.1 Å². The minimum Gasteiger partial charge on any atom is -0.465 e. The standard InChI is InChI=1S/C18H18O2/c1-13-3-7-15(8-4-13)18(11-12-20-17(18)19)16-9-5-14(2)6-10-16/h3-10H,11-12H2,1-2H3. The molecule has 2 heteroatoms. The van der Waals surface area contributed by atoms with E-state index >= 15 is 0 Å². The predicted octanol–water partition coefficient (Wildman–Crippen LogP) is 3.54. The average molecular weight is 266 g/mol. The SMILES string of the molecule is Cc1ccc(C2(c3ccc(C)cc3)CCOC2=O)cc1. The van der Waals surface area contributed by atoms with E-state index in [0.717, 1.165) is 11.1 Å². The Morgan fingerprint density at radius 3 is 1.65 bits per heavy atom. The van der Waals surface area contributed by atoms with E-state index in [2.05, 4.69) is 38.1 Å². The number of hydrogen-bond acceptors (Lipinski definition) is 2. The number of carbonyl (C=O) groups is 1. The number of cyclic esters (lactones) is 1. The van der Waals surface area contributed by atoms with Gasteiger partial charge < -0.3 is 4.74 Å². The molecule has 0 N–H and O–H groups in total. The lowest BCUT2D eigenvalue weighted by Crippen LogP contribution is -2.32. The van der Waals surface area contributed by atoms with Crippen molar-refractivity contribution >= 4 is 5.97 Å². The van der Waals surface area contributed by atoms with Crippen LogP contribution in [0.1, 0.15) is 28.7 Å². The second kappa shape index (κ2) is 4.78. The van der Waals surface area contributed by atoms with Gasteiger partial charge in [0.25, 0.3) is 0 Å². The number of rotatable bonds is 2. The first kappa shape index (κ1) is 12.9. The van der Waals surface area contributed by atoms with Gasteiger partial charge in [-0.25, -0.2) is 0 Å². The third-order valence-electron chi connectivity index (χ3n) is 4.15. The summed E-state index contributed by atoms with van der Waals surface area (Å²) in [5, 5.41) is 0. The van der Waals surface area contributed by atoms with Crippen LogP contribution in [0, 0.1) is 13.8 Å². The van der Waals surface area contributed by atoms with Gasteiger partial charge in [0.15, 0.2) is 0 Å². The zero-order valence-corrected chi connectivity index (χ0v) is 11.8. The maximum atomic E-state index is 12.4. The average Bonchev–Trinajstić information content (AvgIpc) is 2.83. The molecule has 1 aliphatic heterocycles. The van der Waals surface area contributed by atoms with Crippen LogP contribution >= 0.6 is 0 Å². The minimum absolute atomic E-state index is 0.134. The first-order valence-corrected chi connectivity index (χ1v) is 6.94. The molecule has 0 bridgehead atoms. The fraction of sp³-hybridized carbons (Fsp3) is 0.278. The van der Waals surface area contributed by atoms with Crippen LogP contribution < -0.4 is 0 Å². The van der Waals surface area contributed by atoms with Crippen LogP contribution in [0.3, 0.4) is 0 Å². The molecule has 2 aromatic carbocycles. The highest BCUT2D eigenvalue weighted by molar-refractivity contribution is 5.89. The van der Waals surface area contributed by atoms with E-state index in [-0.39, 0.29) is 5.97 Å². The molecule has 0 unspecified atom stereocenters. The van der Waals surface area contributed by atoms with E-state index in [0.29, 0.717) is 13.0 Å². The van der Waals surface area contributed by atoms with Crippen molar-refractivity contribution in [3.8, 4) is 0 Å². The van der Waals surface area contributed by atoms with Gasteiger partial charge in [0, 0.05) is 6.42 Å². The molecular weight excluding hydrogens is 248 g/mol. The number of carbonyl (C=O) groups excluding carboxylic acids is 1. The van der Waals surface area contributed by atoms with E-state index in [1.807, 2.05) is 24.3 Å². The first-order chi connectivity index (χ1) is 9.63. The van der Waals surface area contributed by atoms with Crippen LogP contribution in [-0.2, 0) is 14.9 Å². The summed E-state index contributed by atoms with van der Waals surface area (Å²) in [7, 11) is 0. The van der Waals surface area contributed by atoms with Crippen molar-refractivity contribution < 1.29 is 9.53 Å². The number of benzene rings is 2. The van der Waals surface area contributed by atoms with Gasteiger partial charge in [-0.2, -0.15) is 0 Å². The molecule has 0 amide bonds. The lowest BCUT2D eigenvalue weighted by molar-refractivity contribution is -0.141. The quantitative estimate of drug-likeness (QED) is 0.777. The summed E-state index contributed by atoms with van der Waals surface area (Å²) in [6.07, 6.45) is 0.706. The van der Waals surface area contributed by atoms with Gasteiger partial charge in [-0.1, -0.05) is 59.7 Å². The summed E-state index contributed by atoms with van der Waals surface area (Å²) >= 11 is 0. The Morgan fingerprint density at radius 2 is 1.30 bits per heavy atom. The van der Waals surface area contributed by atoms with Crippen molar-refractivity contribution in [1.29, 1.82) is 0 Å². The molecule has 0 radical (unpaired) electrons. The highest BCUT2D eigenvalue weighted by Gasteiger charge is 2.47. The van der Waals surface area contributed by atoms with Crippen LogP contribution in [0.4, 0.5) is 0 Å². The highest BCUT2D eigenvalue weighted by Crippen LogP contribution is 2.40. The second-order valence-corrected chi connectivity index (χ2v) is 5.52. The zero-order valence-electron chi connectivity index (χ0n) is 11.8. The smallest absolute Gasteiger partial charge is 0.321 e. The molecule has 1 aliphatic rings. The Hall–Kier alpha value is -2.09. The predicted molar refractivity (Wildman–Crippen MR) is 78.7 cm³/mol. The summed E-state index contributed by atoms with van der Waals surface area (Å²) < 4.78 is 5.30. The molecule has 3 rings (SSSR count). The van der Waals surface area contributed by atoms with Crippen LogP contribution in [0.5, 0.6) is 0 Å². The summed E-state index contributed by atoms with van der Waals surface area (Å²) in [5.74, 6) is -0.134. The number of ether oxygens (including phenoxy) is 1. The highest BCUT2D eigenvalue weighted by atomic mass is 16.5. The van der Waals surface area contributed by atoms with Crippen molar-refractivity contribution in [3.05, 3.63) is 70.8 Å². The van der Waals surface area contributed by atoms with Crippen LogP contribution in [0.25, 0.3) is 0 Å². The minimum atomic E-state index is -0.638. The summed E-state index contributed by atoms with van der Waals surface area (Å²) in [6, 6.07) is 16.4. The van der Waals surface area contributed by atoms with Crippen LogP contribution in [-0.4, -0.2) is 12.6 Å². The maximum Gasteiger partial charge on any atom is 0.321 e. The Labute approximate surface area is 119 Å². The Balaban J connectivity index is 2.17. The van der Waals surface area contributed by atoms with Gasteiger partial charge in [0.2, 0.25) is 0 Å². The number of hydrogen-bond donors (Lipinski definition) is 0. The van der Waals surface area contributed by atoms with Crippen LogP contribution in [0.2, 0.25) is 0 Å². The Kier molecular flexibility index (Phi) is 3.09. The molecule has 0 atom stereocenters. The Morgan fingerprint density at radius 1 is 0.850 bits per heavy atom. The second-order valence-electron chi connectivity index (χ2n) is 5.52. The fourth-order valence-electron chi connectivity index (χ4n) is 2.89. The first-order valence-electron chi connectivity index (χ1n) is 6.94. The van der Waals surface area contributed by atoms with Crippen molar-refractivity contribution in [3.63, 3.8) is 0 Å². The zero-order chi connectivity index (χ0) is 14.2. The van der Waals surface area contributed by atoms with E-state index < -0.39 is 5.41 Å². The number of esters is 1.